The van der Waals surface area contributed by atoms with Crippen molar-refractivity contribution in [3.63, 3.8) is 0 Å². The van der Waals surface area contributed by atoms with Gasteiger partial charge >= 0.3 is 0 Å². The Morgan fingerprint density at radius 1 is 1.26 bits per heavy atom. The van der Waals surface area contributed by atoms with E-state index >= 15 is 0 Å². The first kappa shape index (κ1) is 12.7. The van der Waals surface area contributed by atoms with Crippen LogP contribution in [-0.2, 0) is 15.1 Å². The van der Waals surface area contributed by atoms with E-state index in [1.54, 1.807) is 30.8 Å². The molecule has 1 aliphatic rings. The van der Waals surface area contributed by atoms with Crippen LogP contribution in [-0.4, -0.2) is 30.3 Å². The predicted octanol–water partition coefficient (Wildman–Crippen LogP) is 2.86. The molecule has 0 unspecified atom stereocenters. The summed E-state index contributed by atoms with van der Waals surface area (Å²) in [5.41, 5.74) is 1.81. The Bertz CT molecular complexity index is 535. The molecule has 0 atom stereocenters. The van der Waals surface area contributed by atoms with Crippen LogP contribution in [0.4, 0.5) is 0 Å². The van der Waals surface area contributed by atoms with Gasteiger partial charge in [0.1, 0.15) is 10.6 Å². The van der Waals surface area contributed by atoms with Gasteiger partial charge < -0.3 is 9.47 Å². The van der Waals surface area contributed by atoms with Crippen LogP contribution in [0.2, 0.25) is 0 Å². The molecule has 2 aromatic rings. The van der Waals surface area contributed by atoms with Gasteiger partial charge in [-0.2, -0.15) is 0 Å². The SMILES string of the molecule is COC1(c2nc(-c3ccncc3)cs2)CCOCC1. The molecule has 19 heavy (non-hydrogen) atoms. The van der Waals surface area contributed by atoms with E-state index in [4.69, 9.17) is 14.5 Å². The van der Waals surface area contributed by atoms with Gasteiger partial charge in [0.25, 0.3) is 0 Å². The summed E-state index contributed by atoms with van der Waals surface area (Å²) in [5.74, 6) is 0. The third kappa shape index (κ3) is 2.41. The highest BCUT2D eigenvalue weighted by atomic mass is 32.1. The van der Waals surface area contributed by atoms with E-state index in [0.717, 1.165) is 42.3 Å². The van der Waals surface area contributed by atoms with Crippen LogP contribution in [0.15, 0.2) is 29.9 Å². The van der Waals surface area contributed by atoms with Crippen LogP contribution >= 0.6 is 11.3 Å². The zero-order valence-corrected chi connectivity index (χ0v) is 11.7. The Morgan fingerprint density at radius 3 is 2.68 bits per heavy atom. The smallest absolute Gasteiger partial charge is 0.125 e. The minimum atomic E-state index is -0.270. The maximum atomic E-state index is 5.77. The number of thiazole rings is 1. The van der Waals surface area contributed by atoms with E-state index in [9.17, 15) is 0 Å². The fraction of sp³-hybridized carbons (Fsp3) is 0.429. The molecule has 0 N–H and O–H groups in total. The van der Waals surface area contributed by atoms with Gasteiger partial charge in [-0.15, -0.1) is 11.3 Å². The summed E-state index contributed by atoms with van der Waals surface area (Å²) >= 11 is 1.66. The molecule has 0 amide bonds. The van der Waals surface area contributed by atoms with Gasteiger partial charge in [-0.25, -0.2) is 4.98 Å². The fourth-order valence-corrected chi connectivity index (χ4v) is 3.41. The van der Waals surface area contributed by atoms with Crippen molar-refractivity contribution in [3.8, 4) is 11.3 Å². The largest absolute Gasteiger partial charge is 0.381 e. The van der Waals surface area contributed by atoms with Gasteiger partial charge in [0.2, 0.25) is 0 Å². The Balaban J connectivity index is 1.92. The van der Waals surface area contributed by atoms with Crippen LogP contribution < -0.4 is 0 Å². The highest BCUT2D eigenvalue weighted by Crippen LogP contribution is 2.38. The lowest BCUT2D eigenvalue weighted by atomic mass is 9.95. The summed E-state index contributed by atoms with van der Waals surface area (Å²) in [6, 6.07) is 3.95. The molecule has 0 radical (unpaired) electrons. The van der Waals surface area contributed by atoms with Gasteiger partial charge in [-0.05, 0) is 12.1 Å². The van der Waals surface area contributed by atoms with Crippen LogP contribution in [0, 0.1) is 0 Å². The lowest BCUT2D eigenvalue weighted by Crippen LogP contribution is -2.35. The number of pyridine rings is 1. The Morgan fingerprint density at radius 2 is 2.00 bits per heavy atom. The maximum Gasteiger partial charge on any atom is 0.125 e. The number of nitrogens with zero attached hydrogens (tertiary/aromatic N) is 2. The number of aromatic nitrogens is 2. The minimum absolute atomic E-state index is 0.270. The monoisotopic (exact) mass is 276 g/mol. The molecule has 1 saturated heterocycles. The van der Waals surface area contributed by atoms with Crippen LogP contribution in [0.1, 0.15) is 17.8 Å². The van der Waals surface area contributed by atoms with Gasteiger partial charge in [-0.1, -0.05) is 0 Å². The minimum Gasteiger partial charge on any atom is -0.381 e. The Kier molecular flexibility index (Phi) is 3.59. The molecule has 2 aromatic heterocycles. The van der Waals surface area contributed by atoms with Gasteiger partial charge in [0.05, 0.1) is 5.69 Å². The van der Waals surface area contributed by atoms with Crippen LogP contribution in [0.5, 0.6) is 0 Å². The summed E-state index contributed by atoms with van der Waals surface area (Å²) in [5, 5.41) is 3.13. The Hall–Kier alpha value is -1.30. The van der Waals surface area contributed by atoms with Crippen molar-refractivity contribution in [1.82, 2.24) is 9.97 Å². The third-order valence-corrected chi connectivity index (χ3v) is 4.59. The van der Waals surface area contributed by atoms with E-state index in [1.165, 1.54) is 0 Å². The number of methoxy groups -OCH3 is 1. The van der Waals surface area contributed by atoms with Gasteiger partial charge in [0.15, 0.2) is 0 Å². The first-order valence-corrected chi connectivity index (χ1v) is 7.21. The molecular weight excluding hydrogens is 260 g/mol. The molecule has 4 nitrogen and oxygen atoms in total. The highest BCUT2D eigenvalue weighted by Gasteiger charge is 2.37. The van der Waals surface area contributed by atoms with Gasteiger partial charge in [0, 0.05) is 56.5 Å². The zero-order valence-electron chi connectivity index (χ0n) is 10.8. The van der Waals surface area contributed by atoms with Crippen molar-refractivity contribution < 1.29 is 9.47 Å². The molecule has 0 aliphatic carbocycles. The first-order valence-electron chi connectivity index (χ1n) is 6.33. The number of hydrogen-bond donors (Lipinski definition) is 0. The fourth-order valence-electron chi connectivity index (χ4n) is 2.34. The summed E-state index contributed by atoms with van der Waals surface area (Å²) in [6.45, 7) is 1.47. The second-order valence-corrected chi connectivity index (χ2v) is 5.44. The van der Waals surface area contributed by atoms with E-state index in [1.807, 2.05) is 12.1 Å². The summed E-state index contributed by atoms with van der Waals surface area (Å²) < 4.78 is 11.2. The quantitative estimate of drug-likeness (QED) is 0.864. The lowest BCUT2D eigenvalue weighted by molar-refractivity contribution is -0.0947. The molecule has 100 valence electrons. The highest BCUT2D eigenvalue weighted by molar-refractivity contribution is 7.10. The summed E-state index contributed by atoms with van der Waals surface area (Å²) in [4.78, 5) is 8.79. The molecular formula is C14H16N2O2S. The lowest BCUT2D eigenvalue weighted by Gasteiger charge is -2.33. The van der Waals surface area contributed by atoms with Crippen molar-refractivity contribution in [2.24, 2.45) is 0 Å². The average Bonchev–Trinajstić information content (AvgIpc) is 2.99. The van der Waals surface area contributed by atoms with Crippen molar-refractivity contribution in [2.45, 2.75) is 18.4 Å². The number of ether oxygens (including phenoxy) is 2. The van der Waals surface area contributed by atoms with Crippen molar-refractivity contribution in [2.75, 3.05) is 20.3 Å². The molecule has 1 aliphatic heterocycles. The van der Waals surface area contributed by atoms with Crippen LogP contribution in [0.3, 0.4) is 0 Å². The molecule has 0 spiro atoms. The molecule has 1 fully saturated rings. The van der Waals surface area contributed by atoms with E-state index in [0.29, 0.717) is 0 Å². The van der Waals surface area contributed by atoms with Crippen molar-refractivity contribution in [3.05, 3.63) is 34.9 Å². The number of hydrogen-bond acceptors (Lipinski definition) is 5. The average molecular weight is 276 g/mol. The Labute approximate surface area is 116 Å². The molecule has 0 aromatic carbocycles. The summed E-state index contributed by atoms with van der Waals surface area (Å²) in [6.07, 6.45) is 5.31. The van der Waals surface area contributed by atoms with Gasteiger partial charge in [-0.3, -0.25) is 4.98 Å². The third-order valence-electron chi connectivity index (χ3n) is 3.56. The van der Waals surface area contributed by atoms with Crippen LogP contribution in [0.25, 0.3) is 11.3 Å². The molecule has 3 heterocycles. The predicted molar refractivity (Wildman–Crippen MR) is 74.1 cm³/mol. The molecule has 0 saturated carbocycles. The zero-order chi connectivity index (χ0) is 13.1. The first-order chi connectivity index (χ1) is 9.34. The topological polar surface area (TPSA) is 44.2 Å². The van der Waals surface area contributed by atoms with E-state index in [2.05, 4.69) is 10.4 Å². The molecule has 5 heteroatoms. The normalized spacial score (nSPS) is 18.4. The standard InChI is InChI=1S/C14H16N2O2S/c1-17-14(4-8-18-9-5-14)13-16-12(10-19-13)11-2-6-15-7-3-11/h2-3,6-7,10H,4-5,8-9H2,1H3. The molecule has 0 bridgehead atoms. The second kappa shape index (κ2) is 5.36. The van der Waals surface area contributed by atoms with E-state index in [-0.39, 0.29) is 5.60 Å². The molecule has 3 rings (SSSR count). The summed E-state index contributed by atoms with van der Waals surface area (Å²) in [7, 11) is 1.76. The van der Waals surface area contributed by atoms with Crippen molar-refractivity contribution >= 4 is 11.3 Å². The number of rotatable bonds is 3. The maximum absolute atomic E-state index is 5.77. The van der Waals surface area contributed by atoms with Crippen molar-refractivity contribution in [1.29, 1.82) is 0 Å². The van der Waals surface area contributed by atoms with E-state index < -0.39 is 0 Å². The second-order valence-electron chi connectivity index (χ2n) is 4.58.